The van der Waals surface area contributed by atoms with Crippen LogP contribution in [0.2, 0.25) is 0 Å². The number of H-pyrrole nitrogens is 1. The van der Waals surface area contributed by atoms with Crippen molar-refractivity contribution in [2.24, 2.45) is 0 Å². The highest BCUT2D eigenvalue weighted by atomic mass is 19.4. The average Bonchev–Trinajstić information content (AvgIpc) is 2.83. The minimum absolute atomic E-state index is 0.631. The zero-order valence-electron chi connectivity index (χ0n) is 10.8. The van der Waals surface area contributed by atoms with Crippen LogP contribution in [0, 0.1) is 6.92 Å². The van der Waals surface area contributed by atoms with Gasteiger partial charge >= 0.3 is 6.18 Å². The van der Waals surface area contributed by atoms with Gasteiger partial charge in [0.2, 0.25) is 0 Å². The van der Waals surface area contributed by atoms with Crippen molar-refractivity contribution in [2.75, 3.05) is 0 Å². The molecule has 0 atom stereocenters. The minimum Gasteiger partial charge on any atom is -0.355 e. The lowest BCUT2D eigenvalue weighted by molar-refractivity contribution is -0.137. The van der Waals surface area contributed by atoms with Gasteiger partial charge < -0.3 is 4.98 Å². The van der Waals surface area contributed by atoms with Crippen molar-refractivity contribution in [2.45, 2.75) is 13.1 Å². The van der Waals surface area contributed by atoms with Crippen LogP contribution in [0.25, 0.3) is 22.2 Å². The first-order valence-electron chi connectivity index (χ1n) is 6.21. The molecule has 3 aromatic rings. The van der Waals surface area contributed by atoms with Gasteiger partial charge in [0.15, 0.2) is 0 Å². The Morgan fingerprint density at radius 3 is 2.25 bits per heavy atom. The summed E-state index contributed by atoms with van der Waals surface area (Å²) >= 11 is 0. The van der Waals surface area contributed by atoms with Crippen LogP contribution in [0.5, 0.6) is 0 Å². The summed E-state index contributed by atoms with van der Waals surface area (Å²) in [5, 5.41) is 1.09. The molecule has 0 amide bonds. The standard InChI is InChI=1S/C16H12F3N/c1-10-3-2-4-14-13(10)9-15(20-14)11-5-7-12(8-6-11)16(17,18)19/h2-9,20H,1H3. The first kappa shape index (κ1) is 12.8. The molecule has 102 valence electrons. The summed E-state index contributed by atoms with van der Waals surface area (Å²) in [4.78, 5) is 3.23. The third-order valence-electron chi connectivity index (χ3n) is 3.41. The summed E-state index contributed by atoms with van der Waals surface area (Å²) in [6.07, 6.45) is -4.30. The second kappa shape index (κ2) is 4.40. The molecular weight excluding hydrogens is 263 g/mol. The van der Waals surface area contributed by atoms with E-state index in [2.05, 4.69) is 4.98 Å². The molecule has 0 unspecified atom stereocenters. The van der Waals surface area contributed by atoms with E-state index >= 15 is 0 Å². The normalized spacial score (nSPS) is 12.0. The largest absolute Gasteiger partial charge is 0.416 e. The molecule has 0 saturated heterocycles. The van der Waals surface area contributed by atoms with Gasteiger partial charge in [-0.05, 0) is 42.3 Å². The number of hydrogen-bond acceptors (Lipinski definition) is 0. The van der Waals surface area contributed by atoms with Crippen molar-refractivity contribution in [1.82, 2.24) is 4.98 Å². The third kappa shape index (κ3) is 2.18. The van der Waals surface area contributed by atoms with Crippen molar-refractivity contribution in [3.8, 4) is 11.3 Å². The monoisotopic (exact) mass is 275 g/mol. The van der Waals surface area contributed by atoms with Crippen LogP contribution in [0.15, 0.2) is 48.5 Å². The zero-order chi connectivity index (χ0) is 14.3. The molecule has 0 fully saturated rings. The van der Waals surface area contributed by atoms with Crippen LogP contribution in [0.4, 0.5) is 13.2 Å². The summed E-state index contributed by atoms with van der Waals surface area (Å²) in [6.45, 7) is 2.01. The summed E-state index contributed by atoms with van der Waals surface area (Å²) in [5.74, 6) is 0. The van der Waals surface area contributed by atoms with E-state index in [1.807, 2.05) is 31.2 Å². The molecule has 1 heterocycles. The number of aromatic nitrogens is 1. The van der Waals surface area contributed by atoms with Crippen LogP contribution in [-0.2, 0) is 6.18 Å². The molecule has 0 radical (unpaired) electrons. The van der Waals surface area contributed by atoms with Crippen LogP contribution in [-0.4, -0.2) is 4.98 Å². The number of hydrogen-bond donors (Lipinski definition) is 1. The van der Waals surface area contributed by atoms with Gasteiger partial charge in [-0.1, -0.05) is 24.3 Å². The van der Waals surface area contributed by atoms with Gasteiger partial charge in [-0.15, -0.1) is 0 Å². The molecule has 20 heavy (non-hydrogen) atoms. The van der Waals surface area contributed by atoms with E-state index in [-0.39, 0.29) is 0 Å². The van der Waals surface area contributed by atoms with E-state index in [0.29, 0.717) is 0 Å². The number of nitrogens with one attached hydrogen (secondary N) is 1. The van der Waals surface area contributed by atoms with Crippen molar-refractivity contribution in [3.05, 3.63) is 59.7 Å². The van der Waals surface area contributed by atoms with Crippen molar-refractivity contribution < 1.29 is 13.2 Å². The van der Waals surface area contributed by atoms with Crippen molar-refractivity contribution in [3.63, 3.8) is 0 Å². The lowest BCUT2D eigenvalue weighted by Crippen LogP contribution is -2.03. The van der Waals surface area contributed by atoms with Crippen LogP contribution < -0.4 is 0 Å². The Hall–Kier alpha value is -2.23. The Morgan fingerprint density at radius 1 is 0.950 bits per heavy atom. The first-order chi connectivity index (χ1) is 9.45. The number of halogens is 3. The van der Waals surface area contributed by atoms with Crippen molar-refractivity contribution in [1.29, 1.82) is 0 Å². The van der Waals surface area contributed by atoms with Gasteiger partial charge in [-0.3, -0.25) is 0 Å². The van der Waals surface area contributed by atoms with E-state index in [9.17, 15) is 13.2 Å². The highest BCUT2D eigenvalue weighted by molar-refractivity contribution is 5.88. The maximum atomic E-state index is 12.5. The maximum Gasteiger partial charge on any atom is 0.416 e. The Balaban J connectivity index is 2.05. The Kier molecular flexibility index (Phi) is 2.82. The lowest BCUT2D eigenvalue weighted by Gasteiger charge is -2.06. The summed E-state index contributed by atoms with van der Waals surface area (Å²) < 4.78 is 37.6. The lowest BCUT2D eigenvalue weighted by atomic mass is 10.1. The van der Waals surface area contributed by atoms with Gasteiger partial charge in [0, 0.05) is 16.6 Å². The summed E-state index contributed by atoms with van der Waals surface area (Å²) in [6, 6.07) is 13.1. The van der Waals surface area contributed by atoms with Gasteiger partial charge in [0.1, 0.15) is 0 Å². The molecule has 1 nitrogen and oxygen atoms in total. The number of rotatable bonds is 1. The maximum absolute atomic E-state index is 12.5. The fourth-order valence-corrected chi connectivity index (χ4v) is 2.30. The fraction of sp³-hybridized carbons (Fsp3) is 0.125. The van der Waals surface area contributed by atoms with E-state index in [4.69, 9.17) is 0 Å². The van der Waals surface area contributed by atoms with Crippen LogP contribution in [0.3, 0.4) is 0 Å². The van der Waals surface area contributed by atoms with E-state index in [0.717, 1.165) is 39.9 Å². The molecule has 0 bridgehead atoms. The molecule has 2 aromatic carbocycles. The number of aromatic amines is 1. The number of benzene rings is 2. The minimum atomic E-state index is -4.30. The summed E-state index contributed by atoms with van der Waals surface area (Å²) in [7, 11) is 0. The van der Waals surface area contributed by atoms with Crippen molar-refractivity contribution >= 4 is 10.9 Å². The zero-order valence-corrected chi connectivity index (χ0v) is 10.8. The molecule has 0 saturated carbocycles. The molecular formula is C16H12F3N. The van der Waals surface area contributed by atoms with Crippen LogP contribution in [0.1, 0.15) is 11.1 Å². The highest BCUT2D eigenvalue weighted by Crippen LogP contribution is 2.32. The molecule has 0 aliphatic heterocycles. The second-order valence-electron chi connectivity index (χ2n) is 4.79. The Labute approximate surface area is 114 Å². The van der Waals surface area contributed by atoms with Gasteiger partial charge in [0.05, 0.1) is 5.56 Å². The highest BCUT2D eigenvalue weighted by Gasteiger charge is 2.29. The molecule has 1 aromatic heterocycles. The number of aryl methyl sites for hydroxylation is 1. The quantitative estimate of drug-likeness (QED) is 0.631. The number of fused-ring (bicyclic) bond motifs is 1. The topological polar surface area (TPSA) is 15.8 Å². The van der Waals surface area contributed by atoms with Gasteiger partial charge in [0.25, 0.3) is 0 Å². The fourth-order valence-electron chi connectivity index (χ4n) is 2.30. The summed E-state index contributed by atoms with van der Waals surface area (Å²) in [5.41, 5.74) is 3.06. The van der Waals surface area contributed by atoms with Gasteiger partial charge in [-0.25, -0.2) is 0 Å². The third-order valence-corrected chi connectivity index (χ3v) is 3.41. The predicted molar refractivity (Wildman–Crippen MR) is 73.5 cm³/mol. The molecule has 3 rings (SSSR count). The SMILES string of the molecule is Cc1cccc2[nH]c(-c3ccc(C(F)(F)F)cc3)cc12. The molecule has 4 heteroatoms. The first-order valence-corrected chi connectivity index (χ1v) is 6.21. The molecule has 1 N–H and O–H groups in total. The van der Waals surface area contributed by atoms with E-state index in [1.165, 1.54) is 12.1 Å². The Bertz CT molecular complexity index is 751. The van der Waals surface area contributed by atoms with Gasteiger partial charge in [-0.2, -0.15) is 13.2 Å². The Morgan fingerprint density at radius 2 is 1.65 bits per heavy atom. The smallest absolute Gasteiger partial charge is 0.355 e. The predicted octanol–water partition coefficient (Wildman–Crippen LogP) is 5.16. The van der Waals surface area contributed by atoms with Crippen LogP contribution >= 0.6 is 0 Å². The average molecular weight is 275 g/mol. The molecule has 0 spiro atoms. The molecule has 0 aliphatic carbocycles. The van der Waals surface area contributed by atoms with E-state index < -0.39 is 11.7 Å². The number of alkyl halides is 3. The van der Waals surface area contributed by atoms with E-state index in [1.54, 1.807) is 0 Å². The molecule has 0 aliphatic rings. The second-order valence-corrected chi connectivity index (χ2v) is 4.79.